The maximum Gasteiger partial charge on any atom is 0.416 e. The number of hydrogen-bond acceptors (Lipinski definition) is 7. The minimum Gasteiger partial charge on any atom is -0.497 e. The number of anilines is 2. The smallest absolute Gasteiger partial charge is 0.416 e. The highest BCUT2D eigenvalue weighted by atomic mass is 19.4. The zero-order valence-corrected chi connectivity index (χ0v) is 17.9. The second-order valence-electron chi connectivity index (χ2n) is 7.54. The normalized spacial score (nSPS) is 17.2. The quantitative estimate of drug-likeness (QED) is 0.549. The van der Waals surface area contributed by atoms with Gasteiger partial charge in [0, 0.05) is 23.7 Å². The van der Waals surface area contributed by atoms with E-state index in [9.17, 15) is 13.2 Å². The number of alkyl halides is 3. The van der Waals surface area contributed by atoms with Crippen molar-refractivity contribution < 1.29 is 17.9 Å². The van der Waals surface area contributed by atoms with Crippen LogP contribution in [0.2, 0.25) is 0 Å². The van der Waals surface area contributed by atoms with Crippen LogP contribution in [-0.4, -0.2) is 28.4 Å². The van der Waals surface area contributed by atoms with Gasteiger partial charge in [0.25, 0.3) is 0 Å². The second-order valence-corrected chi connectivity index (χ2v) is 7.54. The summed E-state index contributed by atoms with van der Waals surface area (Å²) in [4.78, 5) is 8.80. The maximum absolute atomic E-state index is 13.1. The standard InChI is InChI=1S/C24H19F3N6O/c1-34-18-9-7-15(8-10-18)22-21(20-6-3-12-29-33(20)32-22)19-11-13-28-23(31-19)30-17-5-2-4-16(14-17)24(25,26)27/h2-14,22,32H,1H3,(H,28,30,31). The Labute approximate surface area is 193 Å². The Balaban J connectivity index is 1.50. The van der Waals surface area contributed by atoms with Crippen LogP contribution < -0.4 is 15.5 Å². The zero-order valence-electron chi connectivity index (χ0n) is 17.9. The summed E-state index contributed by atoms with van der Waals surface area (Å²) >= 11 is 0. The van der Waals surface area contributed by atoms with E-state index in [4.69, 9.17) is 4.74 Å². The van der Waals surface area contributed by atoms with Gasteiger partial charge in [0.1, 0.15) is 5.75 Å². The monoisotopic (exact) mass is 464 g/mol. The zero-order chi connectivity index (χ0) is 23.7. The molecule has 0 amide bonds. The van der Waals surface area contributed by atoms with Crippen molar-refractivity contribution in [2.24, 2.45) is 5.10 Å². The van der Waals surface area contributed by atoms with Gasteiger partial charge in [0.05, 0.1) is 30.1 Å². The highest BCUT2D eigenvalue weighted by molar-refractivity contribution is 5.81. The number of benzene rings is 2. The third-order valence-electron chi connectivity index (χ3n) is 5.39. The van der Waals surface area contributed by atoms with Gasteiger partial charge in [0.2, 0.25) is 5.95 Å². The number of rotatable bonds is 5. The molecule has 0 saturated heterocycles. The van der Waals surface area contributed by atoms with Gasteiger partial charge in [0.15, 0.2) is 0 Å². The summed E-state index contributed by atoms with van der Waals surface area (Å²) in [5.41, 5.74) is 6.08. The third kappa shape index (κ3) is 4.23. The maximum atomic E-state index is 13.1. The summed E-state index contributed by atoms with van der Waals surface area (Å²) in [6.07, 6.45) is 2.54. The first kappa shape index (κ1) is 21.7. The summed E-state index contributed by atoms with van der Waals surface area (Å²) in [6.45, 7) is 0. The average molecular weight is 464 g/mol. The first-order valence-corrected chi connectivity index (χ1v) is 10.3. The molecule has 172 valence electrons. The van der Waals surface area contributed by atoms with Crippen LogP contribution in [0.4, 0.5) is 24.8 Å². The third-order valence-corrected chi connectivity index (χ3v) is 5.39. The lowest BCUT2D eigenvalue weighted by Crippen LogP contribution is -2.29. The molecule has 34 heavy (non-hydrogen) atoms. The molecule has 3 heterocycles. The lowest BCUT2D eigenvalue weighted by molar-refractivity contribution is -0.137. The van der Waals surface area contributed by atoms with Crippen LogP contribution in [0, 0.1) is 0 Å². The first-order chi connectivity index (χ1) is 16.4. The fourth-order valence-corrected chi connectivity index (χ4v) is 3.80. The lowest BCUT2D eigenvalue weighted by Gasteiger charge is -2.18. The van der Waals surface area contributed by atoms with Gasteiger partial charge < -0.3 is 10.1 Å². The predicted molar refractivity (Wildman–Crippen MR) is 122 cm³/mol. The predicted octanol–water partition coefficient (Wildman–Crippen LogP) is 5.08. The van der Waals surface area contributed by atoms with Crippen LogP contribution in [-0.2, 0) is 6.18 Å². The van der Waals surface area contributed by atoms with Gasteiger partial charge in [-0.05, 0) is 54.1 Å². The Morgan fingerprint density at radius 2 is 1.91 bits per heavy atom. The molecular weight excluding hydrogens is 445 g/mol. The van der Waals surface area contributed by atoms with E-state index in [2.05, 4.69) is 25.8 Å². The summed E-state index contributed by atoms with van der Waals surface area (Å²) in [5, 5.41) is 8.91. The van der Waals surface area contributed by atoms with E-state index in [1.807, 2.05) is 36.4 Å². The van der Waals surface area contributed by atoms with Crippen molar-refractivity contribution in [3.05, 3.63) is 95.5 Å². The molecule has 1 aromatic heterocycles. The number of aromatic nitrogens is 2. The molecule has 0 saturated carbocycles. The Kier molecular flexibility index (Phi) is 5.50. The minimum atomic E-state index is -4.44. The number of fused-ring (bicyclic) bond motifs is 1. The van der Waals surface area contributed by atoms with Crippen molar-refractivity contribution in [3.8, 4) is 5.75 Å². The molecular formula is C24H19F3N6O. The topological polar surface area (TPSA) is 74.7 Å². The van der Waals surface area contributed by atoms with Crippen LogP contribution in [0.1, 0.15) is 22.9 Å². The molecule has 2 aromatic carbocycles. The van der Waals surface area contributed by atoms with E-state index < -0.39 is 11.7 Å². The molecule has 0 bridgehead atoms. The SMILES string of the molecule is COc1ccc(C2NN3N=CC=CC3=C2c2ccnc(Nc3cccc(C(F)(F)F)c3)n2)cc1. The van der Waals surface area contributed by atoms with Crippen LogP contribution in [0.15, 0.2) is 83.7 Å². The van der Waals surface area contributed by atoms with Crippen molar-refractivity contribution in [2.75, 3.05) is 12.4 Å². The number of nitrogens with zero attached hydrogens (tertiary/aromatic N) is 4. The van der Waals surface area contributed by atoms with Crippen molar-refractivity contribution in [3.63, 3.8) is 0 Å². The number of nitrogens with one attached hydrogen (secondary N) is 2. The van der Waals surface area contributed by atoms with Crippen LogP contribution in [0.5, 0.6) is 5.75 Å². The number of methoxy groups -OCH3 is 1. The minimum absolute atomic E-state index is 0.181. The summed E-state index contributed by atoms with van der Waals surface area (Å²) in [7, 11) is 1.61. The summed E-state index contributed by atoms with van der Waals surface area (Å²) in [5.74, 6) is 0.918. The van der Waals surface area contributed by atoms with Crippen LogP contribution in [0.25, 0.3) is 5.57 Å². The highest BCUT2D eigenvalue weighted by Gasteiger charge is 2.34. The second kappa shape index (κ2) is 8.64. The van der Waals surface area contributed by atoms with Crippen molar-refractivity contribution in [1.82, 2.24) is 20.5 Å². The van der Waals surface area contributed by atoms with Crippen LogP contribution >= 0.6 is 0 Å². The molecule has 0 fully saturated rings. The van der Waals surface area contributed by atoms with E-state index in [0.717, 1.165) is 34.7 Å². The fourth-order valence-electron chi connectivity index (χ4n) is 3.80. The Morgan fingerprint density at radius 1 is 1.09 bits per heavy atom. The average Bonchev–Trinajstić information content (AvgIpc) is 3.23. The van der Waals surface area contributed by atoms with Gasteiger partial charge in [-0.2, -0.15) is 23.4 Å². The van der Waals surface area contributed by atoms with Crippen molar-refractivity contribution in [1.29, 1.82) is 0 Å². The van der Waals surface area contributed by atoms with E-state index >= 15 is 0 Å². The van der Waals surface area contributed by atoms with Gasteiger partial charge in [-0.1, -0.05) is 18.2 Å². The molecule has 0 radical (unpaired) electrons. The highest BCUT2D eigenvalue weighted by Crippen LogP contribution is 2.40. The molecule has 2 N–H and O–H groups in total. The van der Waals surface area contributed by atoms with Gasteiger partial charge in [-0.25, -0.2) is 15.4 Å². The number of allylic oxidation sites excluding steroid dienone is 2. The molecule has 10 heteroatoms. The van der Waals surface area contributed by atoms with E-state index in [0.29, 0.717) is 5.69 Å². The molecule has 0 aliphatic carbocycles. The van der Waals surface area contributed by atoms with E-state index in [-0.39, 0.29) is 17.7 Å². The van der Waals surface area contributed by atoms with E-state index in [1.165, 1.54) is 12.1 Å². The summed E-state index contributed by atoms with van der Waals surface area (Å²) < 4.78 is 44.5. The van der Waals surface area contributed by atoms with Crippen LogP contribution in [0.3, 0.4) is 0 Å². The number of hydrogen-bond donors (Lipinski definition) is 2. The molecule has 0 spiro atoms. The van der Waals surface area contributed by atoms with Gasteiger partial charge in [-0.3, -0.25) is 0 Å². The molecule has 1 atom stereocenters. The van der Waals surface area contributed by atoms with Crippen molar-refractivity contribution in [2.45, 2.75) is 12.2 Å². The summed E-state index contributed by atoms with van der Waals surface area (Å²) in [6, 6.07) is 14.0. The molecule has 7 nitrogen and oxygen atoms in total. The van der Waals surface area contributed by atoms with Crippen molar-refractivity contribution >= 4 is 23.4 Å². The van der Waals surface area contributed by atoms with Gasteiger partial charge >= 0.3 is 6.18 Å². The molecule has 2 aliphatic heterocycles. The largest absolute Gasteiger partial charge is 0.497 e. The fraction of sp³-hybridized carbons (Fsp3) is 0.125. The number of hydrazone groups is 1. The Bertz CT molecular complexity index is 1300. The lowest BCUT2D eigenvalue weighted by atomic mass is 9.96. The number of ether oxygens (including phenoxy) is 1. The number of hydrazine groups is 1. The number of halogens is 3. The Morgan fingerprint density at radius 3 is 2.68 bits per heavy atom. The first-order valence-electron chi connectivity index (χ1n) is 10.3. The molecule has 5 rings (SSSR count). The molecule has 3 aromatic rings. The van der Waals surface area contributed by atoms with E-state index in [1.54, 1.807) is 30.7 Å². The molecule has 1 unspecified atom stereocenters. The van der Waals surface area contributed by atoms with Gasteiger partial charge in [-0.15, -0.1) is 0 Å². The molecule has 2 aliphatic rings. The Hall–Kier alpha value is -4.18.